The predicted molar refractivity (Wildman–Crippen MR) is 125 cm³/mol. The fraction of sp³-hybridized carbons (Fsp3) is 0.480. The molecule has 1 amide bonds. The zero-order chi connectivity index (χ0) is 23.2. The van der Waals surface area contributed by atoms with Crippen LogP contribution in [0.2, 0.25) is 0 Å². The zero-order valence-corrected chi connectivity index (χ0v) is 19.3. The number of hydrogen-bond acceptors (Lipinski definition) is 5. The van der Waals surface area contributed by atoms with Gasteiger partial charge >= 0.3 is 0 Å². The lowest BCUT2D eigenvalue weighted by molar-refractivity contribution is 0.0404. The van der Waals surface area contributed by atoms with Gasteiger partial charge in [-0.2, -0.15) is 0 Å². The first-order chi connectivity index (χ1) is 15.8. The van der Waals surface area contributed by atoms with E-state index >= 15 is 0 Å². The van der Waals surface area contributed by atoms with Crippen molar-refractivity contribution in [3.05, 3.63) is 58.4 Å². The lowest BCUT2D eigenvalue weighted by Crippen LogP contribution is -2.33. The number of carbonyl (C=O) groups is 1. The summed E-state index contributed by atoms with van der Waals surface area (Å²) in [4.78, 5) is 30.9. The number of amides is 1. The van der Waals surface area contributed by atoms with Gasteiger partial charge in [0.15, 0.2) is 0 Å². The molecule has 1 aliphatic carbocycles. The molecule has 4 heterocycles. The predicted octanol–water partition coefficient (Wildman–Crippen LogP) is 3.94. The van der Waals surface area contributed by atoms with Gasteiger partial charge in [-0.15, -0.1) is 0 Å². The maximum absolute atomic E-state index is 13.3. The number of anilines is 1. The minimum absolute atomic E-state index is 0.124. The third-order valence-electron chi connectivity index (χ3n) is 6.38. The molecule has 33 heavy (non-hydrogen) atoms. The average molecular weight is 451 g/mol. The first-order valence-corrected chi connectivity index (χ1v) is 11.6. The van der Waals surface area contributed by atoms with E-state index in [0.29, 0.717) is 23.6 Å². The summed E-state index contributed by atoms with van der Waals surface area (Å²) in [6.07, 6.45) is 9.33. The van der Waals surface area contributed by atoms with Gasteiger partial charge in [-0.3, -0.25) is 9.59 Å². The standard InChI is InChI=1S/C25H30N4O4/c1-16(2)33-20-12-22-27-21(25(3)9-5-11-32-15-25)14-28(22)13-18(20)23(30)26-19-6-4-10-29(24(19)31)17-7-8-17/h4,6,10,12-14,16-17H,5,7-9,11,15H2,1-3H3,(H,26,30)/t25-/m0/s1. The van der Waals surface area contributed by atoms with Crippen molar-refractivity contribution in [1.29, 1.82) is 0 Å². The van der Waals surface area contributed by atoms with Crippen molar-refractivity contribution in [2.45, 2.75) is 64.0 Å². The monoisotopic (exact) mass is 450 g/mol. The van der Waals surface area contributed by atoms with Gasteiger partial charge in [-0.25, -0.2) is 4.98 Å². The van der Waals surface area contributed by atoms with Crippen molar-refractivity contribution in [3.8, 4) is 5.75 Å². The largest absolute Gasteiger partial charge is 0.490 e. The van der Waals surface area contributed by atoms with Crippen LogP contribution < -0.4 is 15.6 Å². The fourth-order valence-corrected chi connectivity index (χ4v) is 4.40. The molecular formula is C25H30N4O4. The molecule has 3 aromatic rings. The van der Waals surface area contributed by atoms with E-state index in [1.54, 1.807) is 35.2 Å². The van der Waals surface area contributed by atoms with Gasteiger partial charge in [0.05, 0.1) is 24.0 Å². The molecule has 1 N–H and O–H groups in total. The Hall–Kier alpha value is -3.13. The lowest BCUT2D eigenvalue weighted by Gasteiger charge is -2.31. The van der Waals surface area contributed by atoms with E-state index in [2.05, 4.69) is 12.2 Å². The van der Waals surface area contributed by atoms with Gasteiger partial charge in [0.1, 0.15) is 17.1 Å². The van der Waals surface area contributed by atoms with Crippen LogP contribution in [0, 0.1) is 0 Å². The molecule has 0 aromatic carbocycles. The van der Waals surface area contributed by atoms with Crippen LogP contribution in [-0.4, -0.2) is 39.2 Å². The highest BCUT2D eigenvalue weighted by Gasteiger charge is 2.32. The van der Waals surface area contributed by atoms with Crippen molar-refractivity contribution in [2.24, 2.45) is 0 Å². The summed E-state index contributed by atoms with van der Waals surface area (Å²) in [6, 6.07) is 5.46. The highest BCUT2D eigenvalue weighted by atomic mass is 16.5. The van der Waals surface area contributed by atoms with Gasteiger partial charge in [0, 0.05) is 42.7 Å². The Bertz CT molecular complexity index is 1250. The van der Waals surface area contributed by atoms with E-state index in [-0.39, 0.29) is 34.7 Å². The van der Waals surface area contributed by atoms with Gasteiger partial charge in [0.2, 0.25) is 0 Å². The first-order valence-electron chi connectivity index (χ1n) is 11.6. The molecule has 5 rings (SSSR count). The summed E-state index contributed by atoms with van der Waals surface area (Å²) < 4.78 is 15.2. The van der Waals surface area contributed by atoms with E-state index in [9.17, 15) is 9.59 Å². The molecule has 1 aliphatic heterocycles. The van der Waals surface area contributed by atoms with Crippen LogP contribution in [0.4, 0.5) is 5.69 Å². The number of aromatic nitrogens is 3. The normalized spacial score (nSPS) is 20.8. The molecule has 1 saturated heterocycles. The Morgan fingerprint density at radius 1 is 1.33 bits per heavy atom. The topological polar surface area (TPSA) is 86.9 Å². The SMILES string of the molecule is CC(C)Oc1cc2nc([C@@]3(C)CCCOC3)cn2cc1C(=O)Nc1cccn(C2CC2)c1=O. The van der Waals surface area contributed by atoms with E-state index in [4.69, 9.17) is 14.5 Å². The smallest absolute Gasteiger partial charge is 0.274 e. The van der Waals surface area contributed by atoms with Crippen LogP contribution in [-0.2, 0) is 10.2 Å². The van der Waals surface area contributed by atoms with Crippen LogP contribution in [0.3, 0.4) is 0 Å². The van der Waals surface area contributed by atoms with Crippen LogP contribution in [0.1, 0.15) is 68.5 Å². The maximum Gasteiger partial charge on any atom is 0.274 e. The summed E-state index contributed by atoms with van der Waals surface area (Å²) in [5, 5.41) is 2.80. The Morgan fingerprint density at radius 3 is 2.85 bits per heavy atom. The molecule has 174 valence electrons. The number of nitrogens with one attached hydrogen (secondary N) is 1. The summed E-state index contributed by atoms with van der Waals surface area (Å²) in [5.74, 6) is 0.0521. The lowest BCUT2D eigenvalue weighted by atomic mass is 9.82. The van der Waals surface area contributed by atoms with Crippen LogP contribution in [0.25, 0.3) is 5.65 Å². The molecule has 1 atom stereocenters. The van der Waals surface area contributed by atoms with Gasteiger partial charge in [-0.1, -0.05) is 6.92 Å². The maximum atomic E-state index is 13.3. The van der Waals surface area contributed by atoms with Crippen molar-refractivity contribution in [1.82, 2.24) is 14.0 Å². The molecule has 0 bridgehead atoms. The molecule has 8 nitrogen and oxygen atoms in total. The third kappa shape index (κ3) is 4.27. The molecule has 3 aromatic heterocycles. The molecule has 0 radical (unpaired) electrons. The van der Waals surface area contributed by atoms with Crippen molar-refractivity contribution >= 4 is 17.2 Å². The third-order valence-corrected chi connectivity index (χ3v) is 6.38. The summed E-state index contributed by atoms with van der Waals surface area (Å²) in [7, 11) is 0. The molecule has 8 heteroatoms. The molecule has 0 spiro atoms. The number of rotatable bonds is 6. The van der Waals surface area contributed by atoms with Crippen molar-refractivity contribution in [2.75, 3.05) is 18.5 Å². The second-order valence-corrected chi connectivity index (χ2v) is 9.65. The molecule has 2 fully saturated rings. The minimum Gasteiger partial charge on any atom is -0.490 e. The Labute approximate surface area is 192 Å². The number of ether oxygens (including phenoxy) is 2. The summed E-state index contributed by atoms with van der Waals surface area (Å²) in [5.41, 5.74) is 1.92. The number of imidazole rings is 1. The van der Waals surface area contributed by atoms with E-state index in [1.165, 1.54) is 0 Å². The molecule has 0 unspecified atom stereocenters. The zero-order valence-electron chi connectivity index (χ0n) is 19.3. The number of fused-ring (bicyclic) bond motifs is 1. The quantitative estimate of drug-likeness (QED) is 0.615. The van der Waals surface area contributed by atoms with E-state index in [1.807, 2.05) is 24.4 Å². The molecule has 1 saturated carbocycles. The molecule has 2 aliphatic rings. The minimum atomic E-state index is -0.388. The van der Waals surface area contributed by atoms with Crippen molar-refractivity contribution < 1.29 is 14.3 Å². The van der Waals surface area contributed by atoms with Crippen LogP contribution >= 0.6 is 0 Å². The Morgan fingerprint density at radius 2 is 2.15 bits per heavy atom. The number of hydrogen-bond donors (Lipinski definition) is 1. The summed E-state index contributed by atoms with van der Waals surface area (Å²) >= 11 is 0. The van der Waals surface area contributed by atoms with E-state index in [0.717, 1.165) is 38.0 Å². The highest BCUT2D eigenvalue weighted by molar-refractivity contribution is 6.06. The van der Waals surface area contributed by atoms with Gasteiger partial charge in [0.25, 0.3) is 11.5 Å². The number of carbonyl (C=O) groups excluding carboxylic acids is 1. The second-order valence-electron chi connectivity index (χ2n) is 9.65. The average Bonchev–Trinajstić information content (AvgIpc) is 3.53. The molecular weight excluding hydrogens is 420 g/mol. The van der Waals surface area contributed by atoms with Crippen molar-refractivity contribution in [3.63, 3.8) is 0 Å². The second kappa shape index (κ2) is 8.33. The first kappa shape index (κ1) is 21.7. The van der Waals surface area contributed by atoms with Gasteiger partial charge < -0.3 is 23.8 Å². The van der Waals surface area contributed by atoms with Crippen LogP contribution in [0.5, 0.6) is 5.75 Å². The fourth-order valence-electron chi connectivity index (χ4n) is 4.40. The summed E-state index contributed by atoms with van der Waals surface area (Å²) in [6.45, 7) is 7.39. The Balaban J connectivity index is 1.51. The van der Waals surface area contributed by atoms with E-state index < -0.39 is 0 Å². The Kier molecular flexibility index (Phi) is 5.48. The van der Waals surface area contributed by atoms with Gasteiger partial charge in [-0.05, 0) is 51.7 Å². The highest BCUT2D eigenvalue weighted by Crippen LogP contribution is 2.34. The number of pyridine rings is 2. The number of nitrogens with zero attached hydrogens (tertiary/aromatic N) is 3. The van der Waals surface area contributed by atoms with Crippen LogP contribution in [0.15, 0.2) is 41.6 Å².